The molecule has 3 rings (SSSR count). The van der Waals surface area contributed by atoms with Crippen LogP contribution in [0.2, 0.25) is 0 Å². The van der Waals surface area contributed by atoms with Crippen LogP contribution in [-0.4, -0.2) is 37.2 Å². The zero-order chi connectivity index (χ0) is 20.3. The maximum atomic E-state index is 12.7. The van der Waals surface area contributed by atoms with Crippen molar-refractivity contribution < 1.29 is 17.9 Å². The monoisotopic (exact) mass is 434 g/mol. The largest absolute Gasteiger partial charge is 0.497 e. The molecule has 0 radical (unpaired) electrons. The molecule has 1 saturated heterocycles. The summed E-state index contributed by atoms with van der Waals surface area (Å²) in [4.78, 5) is 14.9. The normalized spacial score (nSPS) is 16.1. The molecule has 0 spiro atoms. The van der Waals surface area contributed by atoms with E-state index in [0.29, 0.717) is 27.9 Å². The number of nitrogens with zero attached hydrogens (tertiary/aromatic N) is 1. The molecule has 0 atom stereocenters. The van der Waals surface area contributed by atoms with Gasteiger partial charge in [-0.05, 0) is 47.9 Å². The molecule has 2 aromatic rings. The molecule has 0 aliphatic carbocycles. The van der Waals surface area contributed by atoms with Crippen molar-refractivity contribution in [2.24, 2.45) is 5.14 Å². The quantitative estimate of drug-likeness (QED) is 0.555. The van der Waals surface area contributed by atoms with Crippen molar-refractivity contribution in [1.82, 2.24) is 4.90 Å². The summed E-state index contributed by atoms with van der Waals surface area (Å²) < 4.78 is 28.3. The van der Waals surface area contributed by atoms with E-state index in [2.05, 4.69) is 0 Å². The van der Waals surface area contributed by atoms with Gasteiger partial charge in [-0.1, -0.05) is 48.2 Å². The smallest absolute Gasteiger partial charge is 0.266 e. The Morgan fingerprint density at radius 1 is 1.21 bits per heavy atom. The molecule has 0 aromatic heterocycles. The number of sulfonamides is 1. The summed E-state index contributed by atoms with van der Waals surface area (Å²) in [5.41, 5.74) is 1.75. The third kappa shape index (κ3) is 4.79. The van der Waals surface area contributed by atoms with E-state index in [9.17, 15) is 13.2 Å². The third-order valence-corrected chi connectivity index (χ3v) is 6.45. The van der Waals surface area contributed by atoms with Gasteiger partial charge in [0.1, 0.15) is 10.1 Å². The number of hydrogen-bond acceptors (Lipinski definition) is 6. The minimum absolute atomic E-state index is 0.0584. The number of primary sulfonamides is 1. The molecular weight excluding hydrogens is 416 g/mol. The van der Waals surface area contributed by atoms with E-state index >= 15 is 0 Å². The first-order chi connectivity index (χ1) is 13.3. The highest BCUT2D eigenvalue weighted by Crippen LogP contribution is 2.33. The lowest BCUT2D eigenvalue weighted by Gasteiger charge is -2.14. The highest BCUT2D eigenvalue weighted by molar-refractivity contribution is 8.26. The fourth-order valence-electron chi connectivity index (χ4n) is 2.66. The van der Waals surface area contributed by atoms with Crippen LogP contribution in [0.25, 0.3) is 6.08 Å². The van der Waals surface area contributed by atoms with Crippen molar-refractivity contribution in [3.05, 3.63) is 64.6 Å². The molecule has 1 fully saturated rings. The second-order valence-corrected chi connectivity index (χ2v) is 9.29. The molecule has 9 heteroatoms. The van der Waals surface area contributed by atoms with E-state index in [0.717, 1.165) is 11.1 Å². The topological polar surface area (TPSA) is 89.7 Å². The Morgan fingerprint density at radius 3 is 2.57 bits per heavy atom. The number of amides is 1. The lowest BCUT2D eigenvalue weighted by Crippen LogP contribution is -2.30. The van der Waals surface area contributed by atoms with Gasteiger partial charge in [0.05, 0.1) is 16.9 Å². The van der Waals surface area contributed by atoms with Crippen LogP contribution in [0.15, 0.2) is 58.3 Å². The summed E-state index contributed by atoms with van der Waals surface area (Å²) in [6, 6.07) is 13.7. The van der Waals surface area contributed by atoms with Gasteiger partial charge in [0.2, 0.25) is 10.0 Å². The summed E-state index contributed by atoms with van der Waals surface area (Å²) in [6.07, 6.45) is 2.34. The molecule has 2 aromatic carbocycles. The highest BCUT2D eigenvalue weighted by Gasteiger charge is 2.31. The maximum absolute atomic E-state index is 12.7. The first-order valence-corrected chi connectivity index (χ1v) is 11.1. The Bertz CT molecular complexity index is 1050. The molecule has 0 unspecified atom stereocenters. The van der Waals surface area contributed by atoms with Gasteiger partial charge in [0.25, 0.3) is 5.91 Å². The summed E-state index contributed by atoms with van der Waals surface area (Å²) in [6.45, 7) is 0.412. The van der Waals surface area contributed by atoms with Crippen molar-refractivity contribution in [1.29, 1.82) is 0 Å². The second-order valence-electron chi connectivity index (χ2n) is 6.05. The van der Waals surface area contributed by atoms with Gasteiger partial charge in [-0.15, -0.1) is 0 Å². The Labute approximate surface area is 173 Å². The molecule has 0 saturated carbocycles. The first kappa shape index (κ1) is 20.5. The lowest BCUT2D eigenvalue weighted by atomic mass is 10.1. The van der Waals surface area contributed by atoms with Crippen molar-refractivity contribution in [3.63, 3.8) is 0 Å². The van der Waals surface area contributed by atoms with Gasteiger partial charge >= 0.3 is 0 Å². The number of benzene rings is 2. The van der Waals surface area contributed by atoms with E-state index in [4.69, 9.17) is 22.1 Å². The van der Waals surface area contributed by atoms with E-state index < -0.39 is 10.0 Å². The van der Waals surface area contributed by atoms with Gasteiger partial charge < -0.3 is 4.74 Å². The summed E-state index contributed by atoms with van der Waals surface area (Å²) in [5, 5.41) is 5.10. The summed E-state index contributed by atoms with van der Waals surface area (Å²) in [7, 11) is -2.12. The predicted octanol–water partition coefficient (Wildman–Crippen LogP) is 2.79. The van der Waals surface area contributed by atoms with Crippen molar-refractivity contribution in [2.75, 3.05) is 13.7 Å². The van der Waals surface area contributed by atoms with Crippen LogP contribution in [0.5, 0.6) is 5.75 Å². The fraction of sp³-hybridized carbons (Fsp3) is 0.158. The number of nitrogens with two attached hydrogens (primary N) is 1. The van der Waals surface area contributed by atoms with E-state index in [1.165, 1.54) is 23.9 Å². The minimum atomic E-state index is -3.71. The number of hydrogen-bond donors (Lipinski definition) is 1. The van der Waals surface area contributed by atoms with Crippen LogP contribution in [0.4, 0.5) is 0 Å². The van der Waals surface area contributed by atoms with Crippen LogP contribution < -0.4 is 9.88 Å². The Hall–Kier alpha value is -2.20. The number of thiocarbonyl (C=S) groups is 1. The molecule has 1 heterocycles. The molecule has 28 heavy (non-hydrogen) atoms. The lowest BCUT2D eigenvalue weighted by molar-refractivity contribution is -0.122. The van der Waals surface area contributed by atoms with Crippen LogP contribution >= 0.6 is 24.0 Å². The van der Waals surface area contributed by atoms with E-state index in [-0.39, 0.29) is 10.8 Å². The van der Waals surface area contributed by atoms with Gasteiger partial charge in [0.15, 0.2) is 0 Å². The fourth-order valence-corrected chi connectivity index (χ4v) is 4.49. The van der Waals surface area contributed by atoms with Crippen LogP contribution in [0, 0.1) is 0 Å². The minimum Gasteiger partial charge on any atom is -0.497 e. The number of carbonyl (C=O) groups is 1. The number of methoxy groups -OCH3 is 1. The average molecular weight is 435 g/mol. The summed E-state index contributed by atoms with van der Waals surface area (Å²) in [5.74, 6) is 0.575. The van der Waals surface area contributed by atoms with Crippen LogP contribution in [-0.2, 0) is 21.2 Å². The zero-order valence-electron chi connectivity index (χ0n) is 15.0. The maximum Gasteiger partial charge on any atom is 0.266 e. The van der Waals surface area contributed by atoms with Gasteiger partial charge in [-0.25, -0.2) is 13.6 Å². The molecular formula is C19H18N2O4S3. The van der Waals surface area contributed by atoms with E-state index in [1.54, 1.807) is 30.2 Å². The number of carbonyl (C=O) groups excluding carboxylic acids is 1. The first-order valence-electron chi connectivity index (χ1n) is 8.29. The Kier molecular flexibility index (Phi) is 6.19. The SMILES string of the molecule is COc1cccc(/C=C2\SC(=S)N(CCc3ccc(S(N)(=O)=O)cc3)C2=O)c1. The van der Waals surface area contributed by atoms with Crippen LogP contribution in [0.1, 0.15) is 11.1 Å². The molecule has 1 aliphatic rings. The second kappa shape index (κ2) is 8.44. The predicted molar refractivity (Wildman–Crippen MR) is 114 cm³/mol. The standard InChI is InChI=1S/C19H18N2O4S3/c1-25-15-4-2-3-14(11-15)12-17-18(22)21(19(26)27-17)10-9-13-5-7-16(8-6-13)28(20,23)24/h2-8,11-12H,9-10H2,1H3,(H2,20,23,24)/b17-12-. The highest BCUT2D eigenvalue weighted by atomic mass is 32.2. The zero-order valence-corrected chi connectivity index (χ0v) is 17.4. The Morgan fingerprint density at radius 2 is 1.93 bits per heavy atom. The summed E-state index contributed by atoms with van der Waals surface area (Å²) >= 11 is 6.61. The van der Waals surface area contributed by atoms with Crippen molar-refractivity contribution >= 4 is 50.3 Å². The number of rotatable bonds is 6. The van der Waals surface area contributed by atoms with Crippen molar-refractivity contribution in [2.45, 2.75) is 11.3 Å². The van der Waals surface area contributed by atoms with E-state index in [1.807, 2.05) is 24.3 Å². The number of thioether (sulfide) groups is 1. The van der Waals surface area contributed by atoms with Crippen molar-refractivity contribution in [3.8, 4) is 5.75 Å². The molecule has 1 amide bonds. The molecule has 6 nitrogen and oxygen atoms in total. The molecule has 2 N–H and O–H groups in total. The number of ether oxygens (including phenoxy) is 1. The van der Waals surface area contributed by atoms with Gasteiger partial charge in [0, 0.05) is 6.54 Å². The van der Waals surface area contributed by atoms with Gasteiger partial charge in [-0.2, -0.15) is 0 Å². The average Bonchev–Trinajstić information content (AvgIpc) is 2.93. The molecule has 146 valence electrons. The third-order valence-electron chi connectivity index (χ3n) is 4.14. The van der Waals surface area contributed by atoms with Crippen LogP contribution in [0.3, 0.4) is 0 Å². The molecule has 1 aliphatic heterocycles. The molecule has 0 bridgehead atoms. The Balaban J connectivity index is 1.69. The van der Waals surface area contributed by atoms with Gasteiger partial charge in [-0.3, -0.25) is 9.69 Å².